The Balaban J connectivity index is 1.83. The van der Waals surface area contributed by atoms with E-state index in [-0.39, 0.29) is 30.9 Å². The third kappa shape index (κ3) is 3.05. The van der Waals surface area contributed by atoms with Crippen LogP contribution in [0.2, 0.25) is 0 Å². The number of hydrogen-bond acceptors (Lipinski definition) is 8. The molecule has 0 spiro atoms. The molecule has 10 nitrogen and oxygen atoms in total. The van der Waals surface area contributed by atoms with Crippen molar-refractivity contribution in [1.29, 1.82) is 0 Å². The first-order valence-corrected chi connectivity index (χ1v) is 9.77. The van der Waals surface area contributed by atoms with Gasteiger partial charge in [0.2, 0.25) is 0 Å². The van der Waals surface area contributed by atoms with Gasteiger partial charge >= 0.3 is 159 Å². The topological polar surface area (TPSA) is 134 Å². The van der Waals surface area contributed by atoms with E-state index in [1.807, 2.05) is 12.1 Å². The van der Waals surface area contributed by atoms with Gasteiger partial charge in [0.1, 0.15) is 0 Å². The first-order valence-electron chi connectivity index (χ1n) is 7.33. The fourth-order valence-corrected chi connectivity index (χ4v) is 5.47. The molecule has 134 valence electrons. The summed E-state index contributed by atoms with van der Waals surface area (Å²) in [6.45, 7) is 0. The third-order valence-corrected chi connectivity index (χ3v) is 7.12. The molecule has 0 bridgehead atoms. The van der Waals surface area contributed by atoms with Crippen molar-refractivity contribution in [3.63, 3.8) is 0 Å². The van der Waals surface area contributed by atoms with Crippen molar-refractivity contribution in [1.82, 2.24) is 13.8 Å². The average Bonchev–Trinajstić information content (AvgIpc) is 3.26. The van der Waals surface area contributed by atoms with Gasteiger partial charge in [0, 0.05) is 0 Å². The standard InChI is InChI=1S/C15H7N5O5SSe/c21-14-11-3-1-2-4-12(11)27-18(14)15-17-16-13(26-15)8-5-9(19(22)23)7-10(6-8)20(24)25/h1-7H. The Hall–Kier alpha value is -3.21. The summed E-state index contributed by atoms with van der Waals surface area (Å²) in [7, 11) is 0. The molecule has 0 aliphatic rings. The van der Waals surface area contributed by atoms with Crippen molar-refractivity contribution in [3.05, 3.63) is 73.0 Å². The van der Waals surface area contributed by atoms with Gasteiger partial charge in [0.15, 0.2) is 0 Å². The molecule has 27 heavy (non-hydrogen) atoms. The van der Waals surface area contributed by atoms with Gasteiger partial charge in [0.05, 0.1) is 0 Å². The molecule has 0 saturated carbocycles. The van der Waals surface area contributed by atoms with E-state index in [1.54, 1.807) is 12.1 Å². The molecule has 0 unspecified atom stereocenters. The second-order valence-electron chi connectivity index (χ2n) is 5.33. The first kappa shape index (κ1) is 17.2. The molecule has 0 atom stereocenters. The van der Waals surface area contributed by atoms with Crippen LogP contribution in [0.1, 0.15) is 0 Å². The Morgan fingerprint density at radius 1 is 1.00 bits per heavy atom. The first-order chi connectivity index (χ1) is 12.9. The number of non-ortho nitro benzene ring substituents is 2. The predicted molar refractivity (Wildman–Crippen MR) is 98.7 cm³/mol. The summed E-state index contributed by atoms with van der Waals surface area (Å²) in [6, 6.07) is 10.5. The summed E-state index contributed by atoms with van der Waals surface area (Å²) >= 11 is 0.759. The summed E-state index contributed by atoms with van der Waals surface area (Å²) in [6.07, 6.45) is 0. The Morgan fingerprint density at radius 2 is 1.67 bits per heavy atom. The van der Waals surface area contributed by atoms with Crippen LogP contribution in [0.4, 0.5) is 11.4 Å². The molecule has 0 aliphatic heterocycles. The molecule has 0 N–H and O–H groups in total. The van der Waals surface area contributed by atoms with E-state index >= 15 is 0 Å². The SMILES string of the molecule is O=c1c2ccccc2[se]n1-c1nnc(-c2cc([N+](=O)[O-])cc([N+](=O)[O-])c2)s1. The quantitative estimate of drug-likeness (QED) is 0.266. The maximum atomic E-state index is 12.5. The van der Waals surface area contributed by atoms with Crippen LogP contribution in [0.15, 0.2) is 47.3 Å². The van der Waals surface area contributed by atoms with E-state index in [2.05, 4.69) is 10.2 Å². The normalized spacial score (nSPS) is 11.0. The number of fused-ring (bicyclic) bond motifs is 1. The molecule has 0 saturated heterocycles. The summed E-state index contributed by atoms with van der Waals surface area (Å²) in [5, 5.41) is 31.3. The van der Waals surface area contributed by atoms with E-state index in [0.717, 1.165) is 21.7 Å². The summed E-state index contributed by atoms with van der Waals surface area (Å²) in [5.41, 5.74) is -0.802. The number of rotatable bonds is 4. The van der Waals surface area contributed by atoms with Gasteiger partial charge in [-0.3, -0.25) is 0 Å². The summed E-state index contributed by atoms with van der Waals surface area (Å²) < 4.78 is 2.45. The number of aromatic nitrogens is 3. The molecule has 2 aromatic heterocycles. The molecule has 0 fully saturated rings. The Morgan fingerprint density at radius 3 is 2.30 bits per heavy atom. The van der Waals surface area contributed by atoms with Crippen LogP contribution in [0.25, 0.3) is 25.3 Å². The monoisotopic (exact) mass is 449 g/mol. The molecule has 12 heteroatoms. The third-order valence-electron chi connectivity index (χ3n) is 3.65. The van der Waals surface area contributed by atoms with Crippen molar-refractivity contribution in [2.45, 2.75) is 0 Å². The van der Waals surface area contributed by atoms with Crippen molar-refractivity contribution < 1.29 is 9.85 Å². The molecule has 4 aromatic rings. The fraction of sp³-hybridized carbons (Fsp3) is 0. The molecule has 4 rings (SSSR count). The Kier molecular flexibility index (Phi) is 4.15. The molecular weight excluding hydrogens is 441 g/mol. The summed E-state index contributed by atoms with van der Waals surface area (Å²) in [4.78, 5) is 33.2. The van der Waals surface area contributed by atoms with E-state index in [9.17, 15) is 25.0 Å². The molecular formula is C15H7N5O5SSe. The van der Waals surface area contributed by atoms with E-state index in [4.69, 9.17) is 0 Å². The van der Waals surface area contributed by atoms with Crippen LogP contribution in [-0.2, 0) is 0 Å². The van der Waals surface area contributed by atoms with Gasteiger partial charge in [-0.15, -0.1) is 0 Å². The number of nitro benzene ring substituents is 2. The number of benzene rings is 2. The maximum absolute atomic E-state index is 12.5. The van der Waals surface area contributed by atoms with E-state index in [1.165, 1.54) is 15.7 Å². The molecule has 2 aromatic carbocycles. The van der Waals surface area contributed by atoms with Crippen LogP contribution < -0.4 is 5.56 Å². The van der Waals surface area contributed by atoms with Gasteiger partial charge in [-0.25, -0.2) is 0 Å². The van der Waals surface area contributed by atoms with Gasteiger partial charge in [-0.05, 0) is 0 Å². The van der Waals surface area contributed by atoms with Crippen molar-refractivity contribution in [2.24, 2.45) is 0 Å². The Labute approximate surface area is 159 Å². The van der Waals surface area contributed by atoms with Gasteiger partial charge in [-0.1, -0.05) is 0 Å². The molecule has 0 radical (unpaired) electrons. The number of hydrogen-bond donors (Lipinski definition) is 0. The molecule has 0 amide bonds. The second kappa shape index (κ2) is 6.50. The second-order valence-corrected chi connectivity index (χ2v) is 8.36. The van der Waals surface area contributed by atoms with Crippen LogP contribution in [0.3, 0.4) is 0 Å². The van der Waals surface area contributed by atoms with E-state index < -0.39 is 21.2 Å². The zero-order valence-electron chi connectivity index (χ0n) is 13.1. The minimum absolute atomic E-state index is 0.182. The Bertz CT molecular complexity index is 1240. The minimum atomic E-state index is -0.706. The molecule has 0 aliphatic carbocycles. The van der Waals surface area contributed by atoms with Crippen molar-refractivity contribution in [2.75, 3.05) is 0 Å². The summed E-state index contributed by atoms with van der Waals surface area (Å²) in [5.74, 6) is 0. The molecule has 2 heterocycles. The van der Waals surface area contributed by atoms with Gasteiger partial charge in [0.25, 0.3) is 0 Å². The van der Waals surface area contributed by atoms with Crippen molar-refractivity contribution >= 4 is 47.1 Å². The van der Waals surface area contributed by atoms with Gasteiger partial charge < -0.3 is 0 Å². The number of nitrogens with zero attached hydrogens (tertiary/aromatic N) is 5. The van der Waals surface area contributed by atoms with Crippen molar-refractivity contribution in [3.8, 4) is 15.7 Å². The zero-order chi connectivity index (χ0) is 19.1. The number of nitro groups is 2. The fourth-order valence-electron chi connectivity index (χ4n) is 2.44. The zero-order valence-corrected chi connectivity index (χ0v) is 15.7. The van der Waals surface area contributed by atoms with E-state index in [0.29, 0.717) is 10.5 Å². The van der Waals surface area contributed by atoms with Crippen LogP contribution in [0, 0.1) is 20.2 Å². The van der Waals surface area contributed by atoms with Crippen LogP contribution >= 0.6 is 11.3 Å². The van der Waals surface area contributed by atoms with Crippen LogP contribution in [-0.4, -0.2) is 38.3 Å². The van der Waals surface area contributed by atoms with Gasteiger partial charge in [-0.2, -0.15) is 0 Å². The predicted octanol–water partition coefficient (Wildman–Crippen LogP) is 2.38. The average molecular weight is 448 g/mol. The van der Waals surface area contributed by atoms with Crippen LogP contribution in [0.5, 0.6) is 0 Å².